The van der Waals surface area contributed by atoms with Gasteiger partial charge in [0.25, 0.3) is 5.88 Å². The molecule has 1 N–H and O–H groups in total. The lowest BCUT2D eigenvalue weighted by Crippen LogP contribution is -2.46. The molecule has 0 spiro atoms. The van der Waals surface area contributed by atoms with Gasteiger partial charge in [-0.05, 0) is 45.1 Å². The fourth-order valence-electron chi connectivity index (χ4n) is 4.41. The minimum atomic E-state index is -0.284. The average Bonchev–Trinajstić information content (AvgIpc) is 3.37. The summed E-state index contributed by atoms with van der Waals surface area (Å²) in [5, 5.41) is 3.19. The third-order valence-corrected chi connectivity index (χ3v) is 6.32. The number of urea groups is 1. The van der Waals surface area contributed by atoms with Crippen molar-refractivity contribution in [2.24, 2.45) is 5.92 Å². The molecule has 0 aliphatic carbocycles. The fraction of sp³-hybridized carbons (Fsp3) is 0.448. The number of aromatic nitrogens is 4. The molecule has 204 valence electrons. The van der Waals surface area contributed by atoms with Gasteiger partial charge in [0, 0.05) is 36.7 Å². The molecule has 0 aliphatic rings. The minimum absolute atomic E-state index is 0.0336. The normalized spacial score (nSPS) is 12.7. The number of amides is 2. The van der Waals surface area contributed by atoms with Crippen LogP contribution < -0.4 is 14.8 Å². The number of carbonyl (C=O) groups is 1. The largest absolute Gasteiger partial charge is 0.494 e. The van der Waals surface area contributed by atoms with Gasteiger partial charge in [-0.15, -0.1) is 13.2 Å². The van der Waals surface area contributed by atoms with Gasteiger partial charge >= 0.3 is 6.03 Å². The van der Waals surface area contributed by atoms with E-state index in [2.05, 4.69) is 42.3 Å². The highest BCUT2D eigenvalue weighted by molar-refractivity contribution is 5.75. The molecular weight excluding hydrogens is 480 g/mol. The van der Waals surface area contributed by atoms with Crippen molar-refractivity contribution in [3.8, 4) is 22.9 Å². The number of ether oxygens (including phenoxy) is 2. The molecule has 0 bridgehead atoms. The van der Waals surface area contributed by atoms with E-state index in [9.17, 15) is 4.79 Å². The summed E-state index contributed by atoms with van der Waals surface area (Å²) in [7, 11) is 1.60. The van der Waals surface area contributed by atoms with E-state index < -0.39 is 0 Å². The van der Waals surface area contributed by atoms with Crippen molar-refractivity contribution in [3.63, 3.8) is 0 Å². The van der Waals surface area contributed by atoms with Crippen molar-refractivity contribution in [3.05, 3.63) is 61.9 Å². The first-order valence-corrected chi connectivity index (χ1v) is 13.1. The second kappa shape index (κ2) is 13.6. The minimum Gasteiger partial charge on any atom is -0.494 e. The molecule has 0 saturated carbocycles. The molecule has 3 aromatic rings. The summed E-state index contributed by atoms with van der Waals surface area (Å²) in [6.07, 6.45) is 13.0. The molecule has 38 heavy (non-hydrogen) atoms. The molecule has 2 atom stereocenters. The Morgan fingerprint density at radius 3 is 2.68 bits per heavy atom. The molecule has 3 heterocycles. The van der Waals surface area contributed by atoms with Crippen LogP contribution in [0.1, 0.15) is 58.7 Å². The van der Waals surface area contributed by atoms with E-state index in [4.69, 9.17) is 14.5 Å². The first-order chi connectivity index (χ1) is 18.3. The lowest BCUT2D eigenvalue weighted by molar-refractivity contribution is 0.176. The van der Waals surface area contributed by atoms with Crippen molar-refractivity contribution in [2.45, 2.75) is 59.0 Å². The van der Waals surface area contributed by atoms with E-state index in [0.29, 0.717) is 48.5 Å². The van der Waals surface area contributed by atoms with Crippen LogP contribution in [0.4, 0.5) is 4.79 Å². The van der Waals surface area contributed by atoms with E-state index in [0.717, 1.165) is 24.1 Å². The highest BCUT2D eigenvalue weighted by Gasteiger charge is 2.25. The number of methoxy groups -OCH3 is 1. The molecule has 0 aromatic carbocycles. The molecule has 3 rings (SSSR count). The molecule has 0 saturated heterocycles. The van der Waals surface area contributed by atoms with Gasteiger partial charge in [0.15, 0.2) is 0 Å². The van der Waals surface area contributed by atoms with Crippen LogP contribution in [0.3, 0.4) is 0 Å². The van der Waals surface area contributed by atoms with Crippen molar-refractivity contribution in [1.29, 1.82) is 0 Å². The smallest absolute Gasteiger partial charge is 0.318 e. The Balaban J connectivity index is 1.94. The quantitative estimate of drug-likeness (QED) is 0.212. The average molecular weight is 521 g/mol. The summed E-state index contributed by atoms with van der Waals surface area (Å²) in [4.78, 5) is 28.9. The van der Waals surface area contributed by atoms with Crippen LogP contribution in [0.2, 0.25) is 0 Å². The standard InChI is InChI=1S/C29H40N6O3/c1-8-11-15-38-28-27-30-13-14-34(27)19-25(33-28)23-17-24(31-18-26(23)37-7)21(6)35(10-3)29(36)32-22(12-9-2)16-20(4)5/h8-9,13-14,17-22H,1-2,10-12,15-16H2,3-7H3,(H,32,36)/t21-,22?/m1/s1. The summed E-state index contributed by atoms with van der Waals surface area (Å²) in [6.45, 7) is 16.8. The van der Waals surface area contributed by atoms with Crippen LogP contribution in [0.25, 0.3) is 16.9 Å². The van der Waals surface area contributed by atoms with E-state index in [1.165, 1.54) is 0 Å². The Bertz CT molecular complexity index is 1240. The Morgan fingerprint density at radius 1 is 1.24 bits per heavy atom. The van der Waals surface area contributed by atoms with E-state index in [-0.39, 0.29) is 18.1 Å². The van der Waals surface area contributed by atoms with Gasteiger partial charge in [-0.2, -0.15) is 0 Å². The molecular formula is C29H40N6O3. The predicted molar refractivity (Wildman–Crippen MR) is 150 cm³/mol. The topological polar surface area (TPSA) is 93.9 Å². The third-order valence-electron chi connectivity index (χ3n) is 6.32. The first-order valence-electron chi connectivity index (χ1n) is 13.1. The Morgan fingerprint density at radius 2 is 2.03 bits per heavy atom. The van der Waals surface area contributed by atoms with Crippen LogP contribution in [0.15, 0.2) is 56.2 Å². The molecule has 0 fully saturated rings. The molecule has 0 aliphatic heterocycles. The van der Waals surface area contributed by atoms with Gasteiger partial charge in [0.1, 0.15) is 5.75 Å². The SMILES string of the molecule is C=CCCOc1nc(-c2cc([C@@H](C)N(CC)C(=O)NC(CC=C)CC(C)C)ncc2OC)cn2ccnc12. The van der Waals surface area contributed by atoms with Crippen LogP contribution in [0, 0.1) is 5.92 Å². The monoisotopic (exact) mass is 520 g/mol. The zero-order valence-electron chi connectivity index (χ0n) is 23.2. The lowest BCUT2D eigenvalue weighted by Gasteiger charge is -2.30. The van der Waals surface area contributed by atoms with Crippen LogP contribution >= 0.6 is 0 Å². The van der Waals surface area contributed by atoms with Gasteiger partial charge in [0.05, 0.1) is 37.3 Å². The summed E-state index contributed by atoms with van der Waals surface area (Å²) in [5.74, 6) is 1.46. The van der Waals surface area contributed by atoms with Crippen LogP contribution in [0.5, 0.6) is 11.6 Å². The van der Waals surface area contributed by atoms with Gasteiger partial charge in [-0.3, -0.25) is 4.98 Å². The number of hydrogen-bond donors (Lipinski definition) is 1. The Kier molecular flexibility index (Phi) is 10.3. The maximum absolute atomic E-state index is 13.3. The number of nitrogens with zero attached hydrogens (tertiary/aromatic N) is 5. The predicted octanol–water partition coefficient (Wildman–Crippen LogP) is 5.84. The molecule has 1 unspecified atom stereocenters. The van der Waals surface area contributed by atoms with Crippen LogP contribution in [-0.4, -0.2) is 56.6 Å². The maximum Gasteiger partial charge on any atom is 0.318 e. The highest BCUT2D eigenvalue weighted by Crippen LogP contribution is 2.33. The number of imidazole rings is 1. The van der Waals surface area contributed by atoms with Crippen LogP contribution in [-0.2, 0) is 0 Å². The summed E-state index contributed by atoms with van der Waals surface area (Å²) in [6, 6.07) is 1.55. The van der Waals surface area contributed by atoms with E-state index in [1.54, 1.807) is 30.5 Å². The Hall–Kier alpha value is -3.88. The van der Waals surface area contributed by atoms with Gasteiger partial charge in [-0.1, -0.05) is 26.0 Å². The van der Waals surface area contributed by atoms with Crippen molar-refractivity contribution >= 4 is 11.7 Å². The molecule has 9 nitrogen and oxygen atoms in total. The number of rotatable bonds is 14. The van der Waals surface area contributed by atoms with E-state index in [1.807, 2.05) is 42.8 Å². The van der Waals surface area contributed by atoms with Gasteiger partial charge in [0.2, 0.25) is 5.65 Å². The zero-order valence-corrected chi connectivity index (χ0v) is 23.2. The summed E-state index contributed by atoms with van der Waals surface area (Å²) < 4.78 is 13.4. The number of nitrogens with one attached hydrogen (secondary N) is 1. The van der Waals surface area contributed by atoms with Crippen molar-refractivity contribution in [1.82, 2.24) is 29.6 Å². The number of pyridine rings is 1. The number of hydrogen-bond acceptors (Lipinski definition) is 6. The van der Waals surface area contributed by atoms with Crippen molar-refractivity contribution in [2.75, 3.05) is 20.3 Å². The zero-order chi connectivity index (χ0) is 27.7. The highest BCUT2D eigenvalue weighted by atomic mass is 16.5. The molecule has 2 amide bonds. The van der Waals surface area contributed by atoms with Gasteiger partial charge < -0.3 is 24.1 Å². The Labute approximate surface area is 225 Å². The first kappa shape index (κ1) is 28.7. The lowest BCUT2D eigenvalue weighted by atomic mass is 10.0. The van der Waals surface area contributed by atoms with Crippen molar-refractivity contribution < 1.29 is 14.3 Å². The molecule has 3 aromatic heterocycles. The van der Waals surface area contributed by atoms with E-state index >= 15 is 0 Å². The third kappa shape index (κ3) is 6.90. The second-order valence-corrected chi connectivity index (χ2v) is 9.59. The summed E-state index contributed by atoms with van der Waals surface area (Å²) in [5.41, 5.74) is 2.74. The molecule has 9 heteroatoms. The fourth-order valence-corrected chi connectivity index (χ4v) is 4.41. The number of carbonyl (C=O) groups excluding carboxylic acids is 1. The number of fused-ring (bicyclic) bond motifs is 1. The van der Waals surface area contributed by atoms with Gasteiger partial charge in [-0.25, -0.2) is 14.8 Å². The maximum atomic E-state index is 13.3. The summed E-state index contributed by atoms with van der Waals surface area (Å²) >= 11 is 0. The second-order valence-electron chi connectivity index (χ2n) is 9.59. The molecule has 0 radical (unpaired) electrons.